The number of hydrogen-bond donors (Lipinski definition) is 2. The van der Waals surface area contributed by atoms with Crippen LogP contribution in [0.25, 0.3) is 10.9 Å². The first-order chi connectivity index (χ1) is 17.1. The van der Waals surface area contributed by atoms with Gasteiger partial charge in [0.1, 0.15) is 12.4 Å². The van der Waals surface area contributed by atoms with Crippen LogP contribution in [-0.2, 0) is 11.2 Å². The second kappa shape index (κ2) is 9.88. The molecule has 1 atom stereocenters. The van der Waals surface area contributed by atoms with Crippen LogP contribution in [0.5, 0.6) is 17.4 Å². The number of nitrogens with zero attached hydrogens (tertiary/aromatic N) is 4. The normalized spacial score (nSPS) is 13.4. The maximum Gasteiger partial charge on any atom is 0.305 e. The standard InChI is InChI=1S/C25H25N5O5/c1-33-23-7-2-16(14-27-23)21(13-24(31)32)30-20-5-4-19(12-17(20)15-28-30)34-10-8-18-3-6-22-25(29-18)26-9-11-35-22/h2-7,12,14-15,21H,8-11,13H2,1H3,(H,26,29)(H,31,32). The Morgan fingerprint density at radius 2 is 2.14 bits per heavy atom. The number of rotatable bonds is 9. The zero-order chi connectivity index (χ0) is 24.2. The quantitative estimate of drug-likeness (QED) is 0.375. The highest BCUT2D eigenvalue weighted by Crippen LogP contribution is 2.29. The molecule has 0 fully saturated rings. The first-order valence-electron chi connectivity index (χ1n) is 11.3. The van der Waals surface area contributed by atoms with Crippen molar-refractivity contribution in [1.29, 1.82) is 0 Å². The lowest BCUT2D eigenvalue weighted by Crippen LogP contribution is -2.19. The summed E-state index contributed by atoms with van der Waals surface area (Å²) in [6.07, 6.45) is 3.85. The van der Waals surface area contributed by atoms with Crippen LogP contribution >= 0.6 is 0 Å². The second-order valence-electron chi connectivity index (χ2n) is 8.08. The maximum atomic E-state index is 11.6. The fraction of sp³-hybridized carbons (Fsp3) is 0.280. The Kier molecular flexibility index (Phi) is 6.34. The third-order valence-electron chi connectivity index (χ3n) is 5.78. The van der Waals surface area contributed by atoms with Crippen molar-refractivity contribution in [3.63, 3.8) is 0 Å². The van der Waals surface area contributed by atoms with Gasteiger partial charge < -0.3 is 24.6 Å². The summed E-state index contributed by atoms with van der Waals surface area (Å²) < 4.78 is 18.3. The zero-order valence-corrected chi connectivity index (χ0v) is 19.2. The van der Waals surface area contributed by atoms with Crippen LogP contribution in [0.2, 0.25) is 0 Å². The number of carboxylic acids is 1. The lowest BCUT2D eigenvalue weighted by atomic mass is 10.1. The summed E-state index contributed by atoms with van der Waals surface area (Å²) in [7, 11) is 1.53. The first kappa shape index (κ1) is 22.5. The minimum absolute atomic E-state index is 0.128. The number of carboxylic acid groups (broad SMARTS) is 1. The molecule has 10 nitrogen and oxygen atoms in total. The molecule has 3 aromatic heterocycles. The number of fused-ring (bicyclic) bond motifs is 2. The van der Waals surface area contributed by atoms with E-state index in [1.807, 2.05) is 30.3 Å². The summed E-state index contributed by atoms with van der Waals surface area (Å²) in [5, 5.41) is 18.1. The molecule has 0 spiro atoms. The Bertz CT molecular complexity index is 1340. The zero-order valence-electron chi connectivity index (χ0n) is 19.2. The molecule has 2 N–H and O–H groups in total. The smallest absolute Gasteiger partial charge is 0.305 e. The van der Waals surface area contributed by atoms with Gasteiger partial charge >= 0.3 is 5.97 Å². The van der Waals surface area contributed by atoms with E-state index < -0.39 is 12.0 Å². The van der Waals surface area contributed by atoms with E-state index in [1.165, 1.54) is 7.11 Å². The number of aromatic nitrogens is 4. The molecule has 4 heterocycles. The van der Waals surface area contributed by atoms with Crippen molar-refractivity contribution in [2.75, 3.05) is 32.2 Å². The summed E-state index contributed by atoms with van der Waals surface area (Å²) in [5.74, 6) is 1.79. The third-order valence-corrected chi connectivity index (χ3v) is 5.78. The summed E-state index contributed by atoms with van der Waals surface area (Å²) in [5.41, 5.74) is 2.46. The van der Waals surface area contributed by atoms with Gasteiger partial charge in [-0.2, -0.15) is 5.10 Å². The molecule has 1 aliphatic rings. The number of carbonyl (C=O) groups is 1. The Hall–Kier alpha value is -4.34. The van der Waals surface area contributed by atoms with Crippen molar-refractivity contribution in [1.82, 2.24) is 19.7 Å². The van der Waals surface area contributed by atoms with E-state index in [0.29, 0.717) is 31.3 Å². The number of nitrogens with one attached hydrogen (secondary N) is 1. The third kappa shape index (κ3) is 4.96. The van der Waals surface area contributed by atoms with Gasteiger partial charge in [0, 0.05) is 29.8 Å². The number of anilines is 1. The number of ether oxygens (including phenoxy) is 3. The molecule has 4 aromatic rings. The SMILES string of the molecule is COc1ccc(C(CC(=O)O)n2ncc3cc(OCCc4ccc5c(n4)NCCO5)ccc32)cn1. The minimum Gasteiger partial charge on any atom is -0.493 e. The number of benzene rings is 1. The molecular weight excluding hydrogens is 450 g/mol. The molecular formula is C25H25N5O5. The van der Waals surface area contributed by atoms with Gasteiger partial charge in [0.25, 0.3) is 0 Å². The number of aliphatic carboxylic acids is 1. The van der Waals surface area contributed by atoms with Crippen LogP contribution in [0.4, 0.5) is 5.82 Å². The molecule has 35 heavy (non-hydrogen) atoms. The highest BCUT2D eigenvalue weighted by Gasteiger charge is 2.21. The fourth-order valence-electron chi connectivity index (χ4n) is 4.06. The molecule has 10 heteroatoms. The number of hydrogen-bond acceptors (Lipinski definition) is 8. The summed E-state index contributed by atoms with van der Waals surface area (Å²) in [6, 6.07) is 12.5. The van der Waals surface area contributed by atoms with Crippen molar-refractivity contribution in [2.24, 2.45) is 0 Å². The molecule has 1 aliphatic heterocycles. The summed E-state index contributed by atoms with van der Waals surface area (Å²) in [4.78, 5) is 20.4. The van der Waals surface area contributed by atoms with E-state index in [9.17, 15) is 9.90 Å². The lowest BCUT2D eigenvalue weighted by Gasteiger charge is -2.18. The molecule has 5 rings (SSSR count). The van der Waals surface area contributed by atoms with Crippen molar-refractivity contribution in [3.8, 4) is 17.4 Å². The van der Waals surface area contributed by atoms with E-state index in [2.05, 4.69) is 20.4 Å². The van der Waals surface area contributed by atoms with Gasteiger partial charge in [-0.15, -0.1) is 0 Å². The monoisotopic (exact) mass is 475 g/mol. The van der Waals surface area contributed by atoms with E-state index in [-0.39, 0.29) is 6.42 Å². The van der Waals surface area contributed by atoms with E-state index >= 15 is 0 Å². The van der Waals surface area contributed by atoms with Crippen LogP contribution in [0.15, 0.2) is 54.9 Å². The van der Waals surface area contributed by atoms with Gasteiger partial charge in [-0.25, -0.2) is 9.97 Å². The molecule has 1 aromatic carbocycles. The molecule has 0 amide bonds. The molecule has 1 unspecified atom stereocenters. The van der Waals surface area contributed by atoms with Crippen molar-refractivity contribution in [3.05, 3.63) is 66.1 Å². The Morgan fingerprint density at radius 3 is 2.94 bits per heavy atom. The van der Waals surface area contributed by atoms with Crippen LogP contribution < -0.4 is 19.5 Å². The first-order valence-corrected chi connectivity index (χ1v) is 11.3. The number of pyridine rings is 2. The molecule has 0 bridgehead atoms. The molecule has 0 aliphatic carbocycles. The van der Waals surface area contributed by atoms with E-state index in [0.717, 1.165) is 40.3 Å². The fourth-order valence-corrected chi connectivity index (χ4v) is 4.06. The lowest BCUT2D eigenvalue weighted by molar-refractivity contribution is -0.137. The van der Waals surface area contributed by atoms with Crippen LogP contribution in [0.3, 0.4) is 0 Å². The van der Waals surface area contributed by atoms with Crippen molar-refractivity contribution >= 4 is 22.7 Å². The summed E-state index contributed by atoms with van der Waals surface area (Å²) in [6.45, 7) is 1.85. The van der Waals surface area contributed by atoms with Gasteiger partial charge in [-0.1, -0.05) is 0 Å². The van der Waals surface area contributed by atoms with Crippen LogP contribution in [0, 0.1) is 0 Å². The highest BCUT2D eigenvalue weighted by atomic mass is 16.5. The second-order valence-corrected chi connectivity index (χ2v) is 8.08. The topological polar surface area (TPSA) is 121 Å². The average molecular weight is 476 g/mol. The van der Waals surface area contributed by atoms with Crippen LogP contribution in [0.1, 0.15) is 23.7 Å². The molecule has 0 saturated heterocycles. The maximum absolute atomic E-state index is 11.6. The molecule has 180 valence electrons. The van der Waals surface area contributed by atoms with Gasteiger partial charge in [-0.3, -0.25) is 9.48 Å². The molecule has 0 saturated carbocycles. The van der Waals surface area contributed by atoms with Gasteiger partial charge in [0.15, 0.2) is 11.6 Å². The highest BCUT2D eigenvalue weighted by molar-refractivity contribution is 5.81. The van der Waals surface area contributed by atoms with Gasteiger partial charge in [-0.05, 0) is 42.0 Å². The van der Waals surface area contributed by atoms with E-state index in [1.54, 1.807) is 29.2 Å². The largest absolute Gasteiger partial charge is 0.493 e. The van der Waals surface area contributed by atoms with Crippen LogP contribution in [-0.4, -0.2) is 57.7 Å². The van der Waals surface area contributed by atoms with Crippen molar-refractivity contribution in [2.45, 2.75) is 18.9 Å². The van der Waals surface area contributed by atoms with E-state index in [4.69, 9.17) is 14.2 Å². The Balaban J connectivity index is 1.30. The van der Waals surface area contributed by atoms with Gasteiger partial charge in [0.2, 0.25) is 5.88 Å². The minimum atomic E-state index is -0.924. The average Bonchev–Trinajstić information content (AvgIpc) is 3.30. The predicted octanol–water partition coefficient (Wildman–Crippen LogP) is 3.32. The Morgan fingerprint density at radius 1 is 1.23 bits per heavy atom. The summed E-state index contributed by atoms with van der Waals surface area (Å²) >= 11 is 0. The Labute approximate surface area is 201 Å². The molecule has 0 radical (unpaired) electrons. The number of methoxy groups -OCH3 is 1. The van der Waals surface area contributed by atoms with Gasteiger partial charge in [0.05, 0.1) is 44.4 Å². The predicted molar refractivity (Wildman–Crippen MR) is 128 cm³/mol. The van der Waals surface area contributed by atoms with Crippen molar-refractivity contribution < 1.29 is 24.1 Å².